The fourth-order valence-electron chi connectivity index (χ4n) is 10.0. The molecule has 546 valence electrons. The highest BCUT2D eigenvalue weighted by atomic mass is 31.2. The van der Waals surface area contributed by atoms with Crippen molar-refractivity contribution in [3.8, 4) is 0 Å². The summed E-state index contributed by atoms with van der Waals surface area (Å²) in [5, 5.41) is 10.6. The van der Waals surface area contributed by atoms with Gasteiger partial charge in [-0.15, -0.1) is 0 Å². The first kappa shape index (κ1) is 90.5. The molecule has 0 radical (unpaired) electrons. The third-order valence-corrected chi connectivity index (χ3v) is 17.6. The van der Waals surface area contributed by atoms with Crippen LogP contribution in [0.3, 0.4) is 0 Å². The highest BCUT2D eigenvalue weighted by molar-refractivity contribution is 7.47. The molecule has 94 heavy (non-hydrogen) atoms. The number of hydrogen-bond donors (Lipinski definition) is 3. The van der Waals surface area contributed by atoms with Gasteiger partial charge >= 0.3 is 39.5 Å². The lowest BCUT2D eigenvalue weighted by molar-refractivity contribution is -0.161. The normalized spacial score (nSPS) is 14.4. The van der Waals surface area contributed by atoms with Gasteiger partial charge in [-0.2, -0.15) is 0 Å². The molecule has 0 fully saturated rings. The topological polar surface area (TPSA) is 237 Å². The molecule has 17 nitrogen and oxygen atoms in total. The molecule has 19 heteroatoms. The molecule has 0 aliphatic carbocycles. The fraction of sp³-hybridized carbons (Fsp3) is 0.787. The molecule has 0 saturated carbocycles. The molecule has 0 aromatic rings. The van der Waals surface area contributed by atoms with Crippen LogP contribution in [0.1, 0.15) is 323 Å². The second kappa shape index (κ2) is 68.0. The average molecular weight is 1370 g/mol. The van der Waals surface area contributed by atoms with Crippen molar-refractivity contribution >= 4 is 39.5 Å². The first-order valence-electron chi connectivity index (χ1n) is 37.2. The van der Waals surface area contributed by atoms with Crippen LogP contribution in [0.15, 0.2) is 72.9 Å². The Morgan fingerprint density at radius 1 is 0.309 bits per heavy atom. The summed E-state index contributed by atoms with van der Waals surface area (Å²) >= 11 is 0. The maximum Gasteiger partial charge on any atom is 0.472 e. The zero-order valence-corrected chi connectivity index (χ0v) is 61.2. The molecule has 0 heterocycles. The number of hydrogen-bond acceptors (Lipinski definition) is 15. The van der Waals surface area contributed by atoms with Crippen molar-refractivity contribution in [3.05, 3.63) is 72.9 Å². The molecule has 0 aliphatic heterocycles. The predicted octanol–water partition coefficient (Wildman–Crippen LogP) is 20.9. The first-order valence-corrected chi connectivity index (χ1v) is 40.2. The minimum atomic E-state index is -4.97. The van der Waals surface area contributed by atoms with Crippen LogP contribution in [0.2, 0.25) is 0 Å². The van der Waals surface area contributed by atoms with Gasteiger partial charge in [-0.05, 0) is 96.3 Å². The lowest BCUT2D eigenvalue weighted by atomic mass is 10.1. The van der Waals surface area contributed by atoms with Gasteiger partial charge < -0.3 is 33.8 Å². The molecule has 0 saturated heterocycles. The van der Waals surface area contributed by atoms with E-state index in [1.165, 1.54) is 96.3 Å². The summed E-state index contributed by atoms with van der Waals surface area (Å²) in [6.45, 7) is 4.70. The molecule has 0 aromatic heterocycles. The van der Waals surface area contributed by atoms with Crippen LogP contribution in [0, 0.1) is 0 Å². The number of esters is 4. The Kier molecular flexibility index (Phi) is 65.5. The lowest BCUT2D eigenvalue weighted by Crippen LogP contribution is -2.30. The summed E-state index contributed by atoms with van der Waals surface area (Å²) in [7, 11) is -9.93. The highest BCUT2D eigenvalue weighted by Crippen LogP contribution is 2.45. The molecule has 0 aliphatic rings. The van der Waals surface area contributed by atoms with E-state index in [4.69, 9.17) is 37.0 Å². The van der Waals surface area contributed by atoms with E-state index < -0.39 is 97.5 Å². The highest BCUT2D eigenvalue weighted by Gasteiger charge is 2.30. The monoisotopic (exact) mass is 1370 g/mol. The second-order valence-electron chi connectivity index (χ2n) is 24.9. The van der Waals surface area contributed by atoms with Gasteiger partial charge in [-0.3, -0.25) is 37.3 Å². The molecule has 5 unspecified atom stereocenters. The molecule has 0 spiro atoms. The van der Waals surface area contributed by atoms with E-state index in [1.54, 1.807) is 0 Å². The molecule has 0 aromatic carbocycles. The fourth-order valence-corrected chi connectivity index (χ4v) is 11.6. The van der Waals surface area contributed by atoms with Gasteiger partial charge in [0.2, 0.25) is 0 Å². The summed E-state index contributed by atoms with van der Waals surface area (Å²) < 4.78 is 68.3. The molecular formula is C75H134O17P2. The van der Waals surface area contributed by atoms with E-state index in [9.17, 15) is 43.2 Å². The minimum Gasteiger partial charge on any atom is -0.462 e. The number of allylic oxidation sites excluding steroid dienone is 12. The predicted molar refractivity (Wildman–Crippen MR) is 381 cm³/mol. The Balaban J connectivity index is 5.30. The third-order valence-electron chi connectivity index (χ3n) is 15.7. The van der Waals surface area contributed by atoms with Crippen LogP contribution in [0.5, 0.6) is 0 Å². The SMILES string of the molecule is CC/C=C\C/C=C\C/C=C\C/C=C\CCCCCCC(=O)OCC(COP(=O)(O)OCC(O)COP(=O)(O)OCC(COC(=O)CCCCCCC/C=C\C/C=C\CCCCC)OC(=O)CCCCCCCCCCCCC)OC(=O)CCCCCCCCCCCCC. The van der Waals surface area contributed by atoms with Crippen molar-refractivity contribution in [2.75, 3.05) is 39.6 Å². The Labute approximate surface area is 571 Å². The lowest BCUT2D eigenvalue weighted by Gasteiger charge is -2.21. The van der Waals surface area contributed by atoms with Crippen LogP contribution < -0.4 is 0 Å². The zero-order valence-electron chi connectivity index (χ0n) is 59.4. The van der Waals surface area contributed by atoms with Gasteiger partial charge in [0.15, 0.2) is 12.2 Å². The summed E-state index contributed by atoms with van der Waals surface area (Å²) in [4.78, 5) is 72.6. The maximum atomic E-state index is 13.0. The zero-order chi connectivity index (χ0) is 69.0. The quantitative estimate of drug-likeness (QED) is 0.0169. The van der Waals surface area contributed by atoms with Gasteiger partial charge in [0.1, 0.15) is 19.3 Å². The largest absolute Gasteiger partial charge is 0.472 e. The number of unbranched alkanes of at least 4 members (excludes halogenated alkanes) is 32. The van der Waals surface area contributed by atoms with Crippen molar-refractivity contribution < 1.29 is 80.2 Å². The van der Waals surface area contributed by atoms with Crippen molar-refractivity contribution in [2.45, 2.75) is 341 Å². The molecule has 0 amide bonds. The van der Waals surface area contributed by atoms with Crippen LogP contribution in [-0.4, -0.2) is 96.7 Å². The van der Waals surface area contributed by atoms with Crippen LogP contribution in [-0.2, 0) is 65.4 Å². The van der Waals surface area contributed by atoms with E-state index in [2.05, 4.69) is 101 Å². The van der Waals surface area contributed by atoms with Crippen molar-refractivity contribution in [3.63, 3.8) is 0 Å². The van der Waals surface area contributed by atoms with Gasteiger partial charge in [-0.1, -0.05) is 274 Å². The molecule has 0 rings (SSSR count). The minimum absolute atomic E-state index is 0.0935. The number of aliphatic hydroxyl groups excluding tert-OH is 1. The Morgan fingerprint density at radius 3 is 0.872 bits per heavy atom. The number of rotatable bonds is 70. The van der Waals surface area contributed by atoms with Crippen molar-refractivity contribution in [2.24, 2.45) is 0 Å². The van der Waals surface area contributed by atoms with E-state index in [1.807, 2.05) is 0 Å². The van der Waals surface area contributed by atoms with E-state index in [-0.39, 0.29) is 25.7 Å². The summed E-state index contributed by atoms with van der Waals surface area (Å²) in [5.74, 6) is -2.19. The van der Waals surface area contributed by atoms with Crippen molar-refractivity contribution in [1.82, 2.24) is 0 Å². The summed E-state index contributed by atoms with van der Waals surface area (Å²) in [6, 6.07) is 0. The Hall–Kier alpha value is -3.50. The number of carbonyl (C=O) groups excluding carboxylic acids is 4. The van der Waals surface area contributed by atoms with Gasteiger partial charge in [-0.25, -0.2) is 9.13 Å². The van der Waals surface area contributed by atoms with E-state index >= 15 is 0 Å². The van der Waals surface area contributed by atoms with Crippen LogP contribution >= 0.6 is 15.6 Å². The van der Waals surface area contributed by atoms with Crippen LogP contribution in [0.25, 0.3) is 0 Å². The van der Waals surface area contributed by atoms with E-state index in [0.29, 0.717) is 25.7 Å². The van der Waals surface area contributed by atoms with Gasteiger partial charge in [0.05, 0.1) is 26.4 Å². The van der Waals surface area contributed by atoms with Crippen LogP contribution in [0.4, 0.5) is 0 Å². The Morgan fingerprint density at radius 2 is 0.553 bits per heavy atom. The summed E-state index contributed by atoms with van der Waals surface area (Å²) in [5.41, 5.74) is 0. The standard InChI is InChI=1S/C75H134O17P2/c1-5-9-13-17-21-25-29-31-33-34-36-38-42-44-48-52-56-60-73(78)86-66-71(92-75(80)62-58-54-50-46-40-28-24-20-16-12-8-4)68-90-94(83,84)88-64-69(76)63-87-93(81,82)89-67-70(91-74(79)61-57-53-49-45-39-27-23-19-15-11-7-3)65-85-72(77)59-55-51-47-43-41-37-35-32-30-26-22-18-14-10-6-2/h9,13,21-22,25-26,31-33,35-36,38,69-71,76H,5-8,10-12,14-20,23-24,27-30,34,37,39-68H2,1-4H3,(H,81,82)(H,83,84)/b13-9-,25-21-,26-22-,33-31-,35-32-,38-36-. The molecule has 0 bridgehead atoms. The summed E-state index contributed by atoms with van der Waals surface area (Å²) in [6.07, 6.45) is 66.2. The molecule has 5 atom stereocenters. The number of phosphoric ester groups is 2. The smallest absolute Gasteiger partial charge is 0.462 e. The number of aliphatic hydroxyl groups is 1. The Bertz CT molecular complexity index is 2070. The molecular weight excluding hydrogens is 1230 g/mol. The maximum absolute atomic E-state index is 13.0. The first-order chi connectivity index (χ1) is 45.7. The van der Waals surface area contributed by atoms with E-state index in [0.717, 1.165) is 148 Å². The van der Waals surface area contributed by atoms with Crippen molar-refractivity contribution in [1.29, 1.82) is 0 Å². The van der Waals surface area contributed by atoms with Gasteiger partial charge in [0, 0.05) is 25.7 Å². The molecule has 3 N–H and O–H groups in total. The number of phosphoric acid groups is 2. The number of ether oxygens (including phenoxy) is 4. The average Bonchev–Trinajstić information content (AvgIpc) is 1.32. The second-order valence-corrected chi connectivity index (χ2v) is 27.8. The van der Waals surface area contributed by atoms with Gasteiger partial charge in [0.25, 0.3) is 0 Å². The number of carbonyl (C=O) groups is 4. The third kappa shape index (κ3) is 67.1.